The molecule has 2 rings (SSSR count). The van der Waals surface area contributed by atoms with E-state index in [0.717, 1.165) is 9.87 Å². The molecule has 1 aromatic heterocycles. The summed E-state index contributed by atoms with van der Waals surface area (Å²) in [5.74, 6) is -0.373. The second-order valence-corrected chi connectivity index (χ2v) is 6.59. The fourth-order valence-corrected chi connectivity index (χ4v) is 2.57. The molecular formula is C14H16FN3O2S. The Morgan fingerprint density at radius 2 is 1.57 bits per heavy atom. The van der Waals surface area contributed by atoms with E-state index in [1.807, 2.05) is 0 Å². The van der Waals surface area contributed by atoms with E-state index in [1.165, 1.54) is 26.2 Å². The zero-order valence-electron chi connectivity index (χ0n) is 11.7. The average Bonchev–Trinajstić information content (AvgIpc) is 2.47. The lowest BCUT2D eigenvalue weighted by Gasteiger charge is -2.22. The van der Waals surface area contributed by atoms with E-state index in [2.05, 4.69) is 9.71 Å². The average molecular weight is 309 g/mol. The van der Waals surface area contributed by atoms with Crippen LogP contribution in [0.15, 0.2) is 48.8 Å². The second kappa shape index (κ2) is 6.30. The Balaban J connectivity index is 2.43. The number of hydrogen-bond donors (Lipinski definition) is 1. The van der Waals surface area contributed by atoms with Gasteiger partial charge in [-0.2, -0.15) is 17.4 Å². The zero-order chi connectivity index (χ0) is 15.5. The first-order valence-electron chi connectivity index (χ1n) is 6.25. The van der Waals surface area contributed by atoms with Crippen LogP contribution in [0.5, 0.6) is 0 Å². The summed E-state index contributed by atoms with van der Waals surface area (Å²) in [7, 11) is -0.753. The third kappa shape index (κ3) is 3.84. The van der Waals surface area contributed by atoms with Crippen LogP contribution in [-0.4, -0.2) is 31.8 Å². The van der Waals surface area contributed by atoms with Gasteiger partial charge in [-0.3, -0.25) is 4.98 Å². The summed E-state index contributed by atoms with van der Waals surface area (Å²) in [6.07, 6.45) is 3.16. The van der Waals surface area contributed by atoms with Gasteiger partial charge in [0.1, 0.15) is 5.82 Å². The summed E-state index contributed by atoms with van der Waals surface area (Å²) in [5, 5.41) is 0. The van der Waals surface area contributed by atoms with Crippen LogP contribution in [-0.2, 0) is 10.2 Å². The van der Waals surface area contributed by atoms with Crippen molar-refractivity contribution in [1.82, 2.24) is 14.0 Å². The van der Waals surface area contributed by atoms with Crippen molar-refractivity contribution in [3.05, 3.63) is 65.7 Å². The predicted molar refractivity (Wildman–Crippen MR) is 78.2 cm³/mol. The molecule has 0 radical (unpaired) electrons. The van der Waals surface area contributed by atoms with E-state index >= 15 is 0 Å². The molecule has 0 amide bonds. The molecule has 7 heteroatoms. The third-order valence-electron chi connectivity index (χ3n) is 2.99. The van der Waals surface area contributed by atoms with E-state index < -0.39 is 16.3 Å². The van der Waals surface area contributed by atoms with Gasteiger partial charge >= 0.3 is 0 Å². The van der Waals surface area contributed by atoms with E-state index in [-0.39, 0.29) is 5.82 Å². The Hall–Kier alpha value is -1.83. The number of nitrogens with zero attached hydrogens (tertiary/aromatic N) is 2. The first kappa shape index (κ1) is 15.6. The highest BCUT2D eigenvalue weighted by atomic mass is 32.2. The normalized spacial score (nSPS) is 13.3. The predicted octanol–water partition coefficient (Wildman–Crippen LogP) is 1.71. The van der Waals surface area contributed by atoms with Gasteiger partial charge in [-0.15, -0.1) is 0 Å². The summed E-state index contributed by atoms with van der Waals surface area (Å²) in [4.78, 5) is 3.92. The Morgan fingerprint density at radius 3 is 2.10 bits per heavy atom. The van der Waals surface area contributed by atoms with Crippen molar-refractivity contribution < 1.29 is 12.8 Å². The smallest absolute Gasteiger partial charge is 0.265 e. The number of hydrogen-bond acceptors (Lipinski definition) is 3. The zero-order valence-corrected chi connectivity index (χ0v) is 12.5. The molecule has 5 nitrogen and oxygen atoms in total. The Bertz CT molecular complexity index is 688. The standard InChI is InChI=1S/C14H16FN3O2S/c1-18(2)21(19,20)17-14(12-7-9-16-10-8-12)11-3-5-13(15)6-4-11/h3-10,14,17H,1-2H3. The van der Waals surface area contributed by atoms with E-state index in [4.69, 9.17) is 0 Å². The van der Waals surface area contributed by atoms with Gasteiger partial charge in [-0.25, -0.2) is 4.39 Å². The number of pyridine rings is 1. The molecule has 0 bridgehead atoms. The van der Waals surface area contributed by atoms with Crippen molar-refractivity contribution in [2.24, 2.45) is 0 Å². The maximum atomic E-state index is 13.1. The van der Waals surface area contributed by atoms with Gasteiger partial charge in [0.2, 0.25) is 0 Å². The van der Waals surface area contributed by atoms with Gasteiger partial charge in [0.25, 0.3) is 10.2 Å². The van der Waals surface area contributed by atoms with Gasteiger partial charge in [-0.05, 0) is 35.4 Å². The molecule has 1 unspecified atom stereocenters. The topological polar surface area (TPSA) is 62.3 Å². The first-order valence-corrected chi connectivity index (χ1v) is 7.69. The van der Waals surface area contributed by atoms with Gasteiger partial charge < -0.3 is 0 Å². The third-order valence-corrected chi connectivity index (χ3v) is 4.49. The van der Waals surface area contributed by atoms with E-state index in [0.29, 0.717) is 5.56 Å². The maximum Gasteiger partial charge on any atom is 0.279 e. The number of rotatable bonds is 5. The minimum Gasteiger partial charge on any atom is -0.265 e. The van der Waals surface area contributed by atoms with Crippen LogP contribution >= 0.6 is 0 Å². The van der Waals surface area contributed by atoms with Crippen LogP contribution in [0.3, 0.4) is 0 Å². The van der Waals surface area contributed by atoms with Crippen molar-refractivity contribution in [2.45, 2.75) is 6.04 Å². The molecule has 1 heterocycles. The van der Waals surface area contributed by atoms with E-state index in [9.17, 15) is 12.8 Å². The number of nitrogens with one attached hydrogen (secondary N) is 1. The highest BCUT2D eigenvalue weighted by Crippen LogP contribution is 2.23. The van der Waals surface area contributed by atoms with Gasteiger partial charge in [0.15, 0.2) is 0 Å². The monoisotopic (exact) mass is 309 g/mol. The molecule has 1 aromatic carbocycles. The van der Waals surface area contributed by atoms with Crippen molar-refractivity contribution in [1.29, 1.82) is 0 Å². The fraction of sp³-hybridized carbons (Fsp3) is 0.214. The molecule has 2 aromatic rings. The summed E-state index contributed by atoms with van der Waals surface area (Å²) >= 11 is 0. The Morgan fingerprint density at radius 1 is 1.05 bits per heavy atom. The number of halogens is 1. The molecule has 0 saturated carbocycles. The molecule has 0 fully saturated rings. The lowest BCUT2D eigenvalue weighted by atomic mass is 10.0. The Labute approximate surface area is 123 Å². The molecule has 0 aliphatic heterocycles. The maximum absolute atomic E-state index is 13.1. The molecule has 1 atom stereocenters. The van der Waals surface area contributed by atoms with Crippen LogP contribution in [0.25, 0.3) is 0 Å². The van der Waals surface area contributed by atoms with Gasteiger partial charge in [-0.1, -0.05) is 12.1 Å². The summed E-state index contributed by atoms with van der Waals surface area (Å²) < 4.78 is 40.9. The van der Waals surface area contributed by atoms with Crippen molar-refractivity contribution in [3.8, 4) is 0 Å². The summed E-state index contributed by atoms with van der Waals surface area (Å²) in [6.45, 7) is 0. The molecular weight excluding hydrogens is 293 g/mol. The largest absolute Gasteiger partial charge is 0.279 e. The second-order valence-electron chi connectivity index (χ2n) is 4.67. The summed E-state index contributed by atoms with van der Waals surface area (Å²) in [5.41, 5.74) is 1.37. The molecule has 0 saturated heterocycles. The molecule has 112 valence electrons. The minimum absolute atomic E-state index is 0.373. The molecule has 0 aliphatic carbocycles. The van der Waals surface area contributed by atoms with Crippen LogP contribution in [0.2, 0.25) is 0 Å². The van der Waals surface area contributed by atoms with Crippen molar-refractivity contribution in [2.75, 3.05) is 14.1 Å². The number of aromatic nitrogens is 1. The first-order chi connectivity index (χ1) is 9.90. The van der Waals surface area contributed by atoms with Crippen LogP contribution in [0.4, 0.5) is 4.39 Å². The highest BCUT2D eigenvalue weighted by Gasteiger charge is 2.22. The lowest BCUT2D eigenvalue weighted by molar-refractivity contribution is 0.498. The van der Waals surface area contributed by atoms with Gasteiger partial charge in [0.05, 0.1) is 6.04 Å². The Kier molecular flexibility index (Phi) is 4.66. The minimum atomic E-state index is -3.63. The molecule has 0 spiro atoms. The SMILES string of the molecule is CN(C)S(=O)(=O)NC(c1ccncc1)c1ccc(F)cc1. The van der Waals surface area contributed by atoms with Crippen molar-refractivity contribution in [3.63, 3.8) is 0 Å². The highest BCUT2D eigenvalue weighted by molar-refractivity contribution is 7.87. The fourth-order valence-electron chi connectivity index (χ4n) is 1.79. The van der Waals surface area contributed by atoms with Crippen LogP contribution in [0.1, 0.15) is 17.2 Å². The summed E-state index contributed by atoms with van der Waals surface area (Å²) in [6, 6.07) is 8.53. The van der Waals surface area contributed by atoms with Crippen LogP contribution < -0.4 is 4.72 Å². The molecule has 21 heavy (non-hydrogen) atoms. The van der Waals surface area contributed by atoms with E-state index in [1.54, 1.807) is 36.7 Å². The molecule has 0 aliphatic rings. The number of benzene rings is 1. The van der Waals surface area contributed by atoms with Crippen LogP contribution in [0, 0.1) is 5.82 Å². The lowest BCUT2D eigenvalue weighted by Crippen LogP contribution is -2.38. The quantitative estimate of drug-likeness (QED) is 0.914. The molecule has 1 N–H and O–H groups in total. The van der Waals surface area contributed by atoms with Crippen molar-refractivity contribution >= 4 is 10.2 Å². The van der Waals surface area contributed by atoms with Gasteiger partial charge in [0, 0.05) is 26.5 Å².